The zero-order valence-electron chi connectivity index (χ0n) is 17.8. The van der Waals surface area contributed by atoms with E-state index in [0.717, 1.165) is 56.6 Å². The summed E-state index contributed by atoms with van der Waals surface area (Å²) < 4.78 is 17.1. The molecule has 1 N–H and O–H groups in total. The molecule has 0 bridgehead atoms. The molecule has 2 heterocycles. The third-order valence-electron chi connectivity index (χ3n) is 5.94. The Labute approximate surface area is 174 Å². The summed E-state index contributed by atoms with van der Waals surface area (Å²) in [7, 11) is 0. The smallest absolute Gasteiger partial charge is 0.121 e. The van der Waals surface area contributed by atoms with Gasteiger partial charge in [0.2, 0.25) is 0 Å². The summed E-state index contributed by atoms with van der Waals surface area (Å²) in [6.07, 6.45) is 0. The third-order valence-corrected chi connectivity index (χ3v) is 5.94. The van der Waals surface area contributed by atoms with Crippen molar-refractivity contribution in [2.45, 2.75) is 32.8 Å². The Morgan fingerprint density at radius 1 is 1.03 bits per heavy atom. The Kier molecular flexibility index (Phi) is 6.09. The van der Waals surface area contributed by atoms with Gasteiger partial charge in [0, 0.05) is 49.1 Å². The molecule has 156 valence electrons. The standard InChI is InChI=1S/C24H32N2O3/c1-4-27-17-18-5-7-20-22(15-18)25-23-16-19(6-8-21(23)24(20,2)3)29-14-11-26-9-12-28-13-10-26/h5-8,15-16,25H,4,9-14,17H2,1-3H3. The number of benzene rings is 2. The van der Waals surface area contributed by atoms with E-state index < -0.39 is 0 Å². The summed E-state index contributed by atoms with van der Waals surface area (Å²) in [6.45, 7) is 13.2. The van der Waals surface area contributed by atoms with Crippen LogP contribution in [0.15, 0.2) is 36.4 Å². The lowest BCUT2D eigenvalue weighted by atomic mass is 9.74. The molecule has 29 heavy (non-hydrogen) atoms. The van der Waals surface area contributed by atoms with Crippen molar-refractivity contribution in [3.63, 3.8) is 0 Å². The second-order valence-electron chi connectivity index (χ2n) is 8.28. The minimum atomic E-state index is -0.0631. The van der Waals surface area contributed by atoms with Gasteiger partial charge in [0.25, 0.3) is 0 Å². The predicted octanol–water partition coefficient (Wildman–Crippen LogP) is 4.32. The summed E-state index contributed by atoms with van der Waals surface area (Å²) in [5.74, 6) is 0.911. The summed E-state index contributed by atoms with van der Waals surface area (Å²) in [5.41, 5.74) is 6.02. The van der Waals surface area contributed by atoms with Crippen LogP contribution in [0.3, 0.4) is 0 Å². The lowest BCUT2D eigenvalue weighted by molar-refractivity contribution is 0.0322. The van der Waals surface area contributed by atoms with Crippen LogP contribution in [0.1, 0.15) is 37.5 Å². The maximum absolute atomic E-state index is 6.07. The van der Waals surface area contributed by atoms with Gasteiger partial charge in [-0.2, -0.15) is 0 Å². The van der Waals surface area contributed by atoms with Crippen LogP contribution >= 0.6 is 0 Å². The molecule has 0 radical (unpaired) electrons. The van der Waals surface area contributed by atoms with E-state index in [1.54, 1.807) is 0 Å². The Morgan fingerprint density at radius 2 is 1.76 bits per heavy atom. The SMILES string of the molecule is CCOCc1ccc2c(c1)Nc1cc(OCCN3CCOCC3)ccc1C2(C)C. The van der Waals surface area contributed by atoms with E-state index in [4.69, 9.17) is 14.2 Å². The predicted molar refractivity (Wildman–Crippen MR) is 116 cm³/mol. The fourth-order valence-electron chi connectivity index (χ4n) is 4.22. The molecule has 2 aliphatic heterocycles. The minimum absolute atomic E-state index is 0.0631. The van der Waals surface area contributed by atoms with Crippen molar-refractivity contribution in [2.75, 3.05) is 51.4 Å². The van der Waals surface area contributed by atoms with Crippen LogP contribution in [0.5, 0.6) is 5.75 Å². The Hall–Kier alpha value is -2.08. The quantitative estimate of drug-likeness (QED) is 0.755. The third kappa shape index (κ3) is 4.42. The molecular formula is C24H32N2O3. The van der Waals surface area contributed by atoms with Crippen molar-refractivity contribution in [1.82, 2.24) is 4.90 Å². The fourth-order valence-corrected chi connectivity index (χ4v) is 4.22. The van der Waals surface area contributed by atoms with Gasteiger partial charge in [-0.05, 0) is 35.7 Å². The van der Waals surface area contributed by atoms with Crippen LogP contribution in [0.2, 0.25) is 0 Å². The molecule has 0 atom stereocenters. The highest BCUT2D eigenvalue weighted by Crippen LogP contribution is 2.46. The molecule has 4 rings (SSSR count). The zero-order chi connectivity index (χ0) is 20.3. The average molecular weight is 397 g/mol. The Bertz CT molecular complexity index is 844. The number of nitrogens with one attached hydrogen (secondary N) is 1. The largest absolute Gasteiger partial charge is 0.492 e. The molecule has 0 unspecified atom stereocenters. The van der Waals surface area contributed by atoms with E-state index in [1.807, 2.05) is 6.92 Å². The first kappa shape index (κ1) is 20.2. The molecule has 2 aromatic rings. The number of hydrogen-bond donors (Lipinski definition) is 1. The molecular weight excluding hydrogens is 364 g/mol. The van der Waals surface area contributed by atoms with Crippen LogP contribution < -0.4 is 10.1 Å². The molecule has 0 spiro atoms. The molecule has 1 saturated heterocycles. The van der Waals surface area contributed by atoms with Crippen LogP contribution in [0.25, 0.3) is 0 Å². The molecule has 2 aromatic carbocycles. The number of nitrogens with zero attached hydrogens (tertiary/aromatic N) is 1. The highest BCUT2D eigenvalue weighted by Gasteiger charge is 2.32. The zero-order valence-corrected chi connectivity index (χ0v) is 17.8. The topological polar surface area (TPSA) is 43.0 Å². The van der Waals surface area contributed by atoms with E-state index in [9.17, 15) is 0 Å². The van der Waals surface area contributed by atoms with E-state index >= 15 is 0 Å². The van der Waals surface area contributed by atoms with Gasteiger partial charge in [-0.25, -0.2) is 0 Å². The van der Waals surface area contributed by atoms with Crippen molar-refractivity contribution in [3.8, 4) is 5.75 Å². The number of hydrogen-bond acceptors (Lipinski definition) is 5. The second kappa shape index (κ2) is 8.74. The van der Waals surface area contributed by atoms with Crippen LogP contribution in [0, 0.1) is 0 Å². The maximum atomic E-state index is 6.07. The molecule has 0 aromatic heterocycles. The van der Waals surface area contributed by atoms with Crippen LogP contribution in [0.4, 0.5) is 11.4 Å². The highest BCUT2D eigenvalue weighted by molar-refractivity contribution is 5.76. The van der Waals surface area contributed by atoms with Crippen molar-refractivity contribution < 1.29 is 14.2 Å². The lowest BCUT2D eigenvalue weighted by Crippen LogP contribution is -2.38. The van der Waals surface area contributed by atoms with Crippen molar-refractivity contribution in [1.29, 1.82) is 0 Å². The molecule has 0 amide bonds. The average Bonchev–Trinajstić information content (AvgIpc) is 2.72. The van der Waals surface area contributed by atoms with E-state index in [-0.39, 0.29) is 5.41 Å². The minimum Gasteiger partial charge on any atom is -0.492 e. The summed E-state index contributed by atoms with van der Waals surface area (Å²) in [5, 5.41) is 3.63. The van der Waals surface area contributed by atoms with Gasteiger partial charge in [-0.15, -0.1) is 0 Å². The molecule has 2 aliphatic rings. The second-order valence-corrected chi connectivity index (χ2v) is 8.28. The van der Waals surface area contributed by atoms with Crippen molar-refractivity contribution in [3.05, 3.63) is 53.1 Å². The first-order valence-corrected chi connectivity index (χ1v) is 10.6. The van der Waals surface area contributed by atoms with Crippen LogP contribution in [-0.4, -0.2) is 51.0 Å². The molecule has 1 fully saturated rings. The van der Waals surface area contributed by atoms with E-state index in [2.05, 4.69) is 60.5 Å². The fraction of sp³-hybridized carbons (Fsp3) is 0.500. The number of anilines is 2. The molecule has 5 heteroatoms. The van der Waals surface area contributed by atoms with Gasteiger partial charge in [0.05, 0.1) is 19.8 Å². The number of rotatable bonds is 7. The first-order chi connectivity index (χ1) is 14.1. The van der Waals surface area contributed by atoms with E-state index in [0.29, 0.717) is 13.2 Å². The van der Waals surface area contributed by atoms with E-state index in [1.165, 1.54) is 16.7 Å². The van der Waals surface area contributed by atoms with Gasteiger partial charge in [0.15, 0.2) is 0 Å². The lowest BCUT2D eigenvalue weighted by Gasteiger charge is -2.36. The summed E-state index contributed by atoms with van der Waals surface area (Å²) in [4.78, 5) is 2.39. The maximum Gasteiger partial charge on any atom is 0.121 e. The van der Waals surface area contributed by atoms with Gasteiger partial charge >= 0.3 is 0 Å². The van der Waals surface area contributed by atoms with Gasteiger partial charge in [-0.1, -0.05) is 32.0 Å². The monoisotopic (exact) mass is 396 g/mol. The van der Waals surface area contributed by atoms with Gasteiger partial charge < -0.3 is 19.5 Å². The summed E-state index contributed by atoms with van der Waals surface area (Å²) >= 11 is 0. The van der Waals surface area contributed by atoms with Crippen molar-refractivity contribution in [2.24, 2.45) is 0 Å². The Morgan fingerprint density at radius 3 is 2.52 bits per heavy atom. The van der Waals surface area contributed by atoms with Gasteiger partial charge in [-0.3, -0.25) is 4.90 Å². The number of ether oxygens (including phenoxy) is 3. The van der Waals surface area contributed by atoms with Crippen molar-refractivity contribution >= 4 is 11.4 Å². The Balaban J connectivity index is 1.48. The molecule has 0 saturated carbocycles. The molecule has 5 nitrogen and oxygen atoms in total. The van der Waals surface area contributed by atoms with Gasteiger partial charge in [0.1, 0.15) is 12.4 Å². The number of fused-ring (bicyclic) bond motifs is 2. The highest BCUT2D eigenvalue weighted by atomic mass is 16.5. The summed E-state index contributed by atoms with van der Waals surface area (Å²) in [6, 6.07) is 13.0. The molecule has 0 aliphatic carbocycles. The van der Waals surface area contributed by atoms with Crippen LogP contribution in [-0.2, 0) is 21.5 Å². The normalized spacial score (nSPS) is 17.9. The number of morpholine rings is 1. The first-order valence-electron chi connectivity index (χ1n) is 10.6.